The van der Waals surface area contributed by atoms with Crippen molar-refractivity contribution in [1.29, 1.82) is 0 Å². The van der Waals surface area contributed by atoms with Gasteiger partial charge in [-0.3, -0.25) is 19.3 Å². The predicted molar refractivity (Wildman–Crippen MR) is 103 cm³/mol. The first-order chi connectivity index (χ1) is 12.5. The lowest BCUT2D eigenvalue weighted by Crippen LogP contribution is -2.34. The van der Waals surface area contributed by atoms with Crippen molar-refractivity contribution in [1.82, 2.24) is 19.7 Å². The smallest absolute Gasteiger partial charge is 0.264 e. The lowest BCUT2D eigenvalue weighted by Gasteiger charge is -2.15. The average molecular weight is 434 g/mol. The van der Waals surface area contributed by atoms with Crippen molar-refractivity contribution < 1.29 is 9.59 Å². The first-order valence-electron chi connectivity index (χ1n) is 7.74. The number of aromatic nitrogens is 3. The number of likely N-dealkylation sites (N-methyl/N-ethyl adjacent to an activating group) is 1. The highest BCUT2D eigenvalue weighted by molar-refractivity contribution is 9.11. The van der Waals surface area contributed by atoms with Gasteiger partial charge in [0.2, 0.25) is 5.91 Å². The topological polar surface area (TPSA) is 80.1 Å². The zero-order valence-corrected chi connectivity index (χ0v) is 16.3. The fourth-order valence-corrected chi connectivity index (χ4v) is 3.66. The second kappa shape index (κ2) is 8.24. The van der Waals surface area contributed by atoms with Crippen LogP contribution in [0, 0.1) is 0 Å². The number of pyridine rings is 1. The van der Waals surface area contributed by atoms with Gasteiger partial charge in [0.05, 0.1) is 21.8 Å². The van der Waals surface area contributed by atoms with Gasteiger partial charge < -0.3 is 10.2 Å². The van der Waals surface area contributed by atoms with Crippen molar-refractivity contribution in [3.63, 3.8) is 0 Å². The Morgan fingerprint density at radius 3 is 2.85 bits per heavy atom. The molecule has 0 aliphatic heterocycles. The summed E-state index contributed by atoms with van der Waals surface area (Å²) in [5.41, 5.74) is 1.01. The number of rotatable bonds is 6. The first-order valence-corrected chi connectivity index (χ1v) is 9.35. The zero-order valence-electron chi connectivity index (χ0n) is 13.9. The molecule has 3 heterocycles. The Hall–Kier alpha value is -2.52. The van der Waals surface area contributed by atoms with Crippen LogP contribution in [0.4, 0.5) is 5.82 Å². The van der Waals surface area contributed by atoms with Crippen molar-refractivity contribution in [2.75, 3.05) is 18.9 Å². The molecule has 3 aromatic rings. The molecule has 0 aliphatic carbocycles. The maximum atomic E-state index is 12.3. The summed E-state index contributed by atoms with van der Waals surface area (Å²) in [6, 6.07) is 9.07. The molecule has 0 unspecified atom stereocenters. The van der Waals surface area contributed by atoms with Crippen molar-refractivity contribution in [2.24, 2.45) is 0 Å². The highest BCUT2D eigenvalue weighted by Crippen LogP contribution is 2.23. The van der Waals surface area contributed by atoms with E-state index in [4.69, 9.17) is 0 Å². The van der Waals surface area contributed by atoms with E-state index < -0.39 is 0 Å². The van der Waals surface area contributed by atoms with E-state index in [1.165, 1.54) is 16.2 Å². The molecule has 0 bridgehead atoms. The minimum atomic E-state index is -0.303. The monoisotopic (exact) mass is 433 g/mol. The van der Waals surface area contributed by atoms with Gasteiger partial charge in [-0.1, -0.05) is 6.07 Å². The van der Waals surface area contributed by atoms with Gasteiger partial charge >= 0.3 is 0 Å². The normalized spacial score (nSPS) is 10.5. The standard InChI is InChI=1S/C17H16BrN5O2S/c1-22(17(25)13-4-5-14(18)26-13)11-16(24)20-15-6-8-23(21-15)10-12-3-2-7-19-9-12/h2-9H,10-11H2,1H3,(H,20,21,24). The SMILES string of the molecule is CN(CC(=O)Nc1ccn(Cc2cccnc2)n1)C(=O)c1ccc(Br)s1. The number of halogens is 1. The van der Waals surface area contributed by atoms with Crippen LogP contribution in [-0.2, 0) is 11.3 Å². The molecule has 0 saturated heterocycles. The summed E-state index contributed by atoms with van der Waals surface area (Å²) in [6.07, 6.45) is 5.26. The van der Waals surface area contributed by atoms with E-state index in [1.807, 2.05) is 12.1 Å². The Kier molecular flexibility index (Phi) is 5.79. The molecule has 26 heavy (non-hydrogen) atoms. The van der Waals surface area contributed by atoms with Gasteiger partial charge in [-0.15, -0.1) is 11.3 Å². The Morgan fingerprint density at radius 1 is 1.31 bits per heavy atom. The summed E-state index contributed by atoms with van der Waals surface area (Å²) in [5.74, 6) is -0.0559. The van der Waals surface area contributed by atoms with Crippen molar-refractivity contribution in [3.05, 3.63) is 63.1 Å². The number of anilines is 1. The summed E-state index contributed by atoms with van der Waals surface area (Å²) in [6.45, 7) is 0.513. The second-order valence-corrected chi connectivity index (χ2v) is 8.04. The van der Waals surface area contributed by atoms with Crippen molar-refractivity contribution in [2.45, 2.75) is 6.54 Å². The van der Waals surface area contributed by atoms with Crippen LogP contribution in [0.3, 0.4) is 0 Å². The maximum Gasteiger partial charge on any atom is 0.264 e. The molecule has 0 radical (unpaired) electrons. The summed E-state index contributed by atoms with van der Waals surface area (Å²) < 4.78 is 2.59. The first kappa shape index (κ1) is 18.3. The lowest BCUT2D eigenvalue weighted by molar-refractivity contribution is -0.116. The third-order valence-electron chi connectivity index (χ3n) is 3.49. The molecule has 0 spiro atoms. The van der Waals surface area contributed by atoms with E-state index in [-0.39, 0.29) is 18.4 Å². The van der Waals surface area contributed by atoms with E-state index in [0.29, 0.717) is 17.2 Å². The summed E-state index contributed by atoms with van der Waals surface area (Å²) in [5, 5.41) is 7.01. The molecule has 0 fully saturated rings. The number of hydrogen-bond acceptors (Lipinski definition) is 5. The molecule has 9 heteroatoms. The maximum absolute atomic E-state index is 12.3. The van der Waals surface area contributed by atoms with E-state index in [0.717, 1.165) is 9.35 Å². The van der Waals surface area contributed by atoms with E-state index >= 15 is 0 Å². The molecule has 7 nitrogen and oxygen atoms in total. The number of amides is 2. The molecular weight excluding hydrogens is 418 g/mol. The van der Waals surface area contributed by atoms with E-state index in [9.17, 15) is 9.59 Å². The number of carbonyl (C=O) groups is 2. The molecule has 0 aromatic carbocycles. The summed E-state index contributed by atoms with van der Waals surface area (Å²) >= 11 is 4.66. The van der Waals surface area contributed by atoms with Gasteiger partial charge in [0, 0.05) is 31.7 Å². The lowest BCUT2D eigenvalue weighted by atomic mass is 10.3. The largest absolute Gasteiger partial charge is 0.332 e. The van der Waals surface area contributed by atoms with Gasteiger partial charge in [-0.25, -0.2) is 0 Å². The number of nitrogens with zero attached hydrogens (tertiary/aromatic N) is 4. The zero-order chi connectivity index (χ0) is 18.5. The second-order valence-electron chi connectivity index (χ2n) is 5.57. The Bertz CT molecular complexity index is 909. The van der Waals surface area contributed by atoms with Gasteiger partial charge in [-0.05, 0) is 39.7 Å². The quantitative estimate of drug-likeness (QED) is 0.647. The van der Waals surface area contributed by atoms with Crippen molar-refractivity contribution in [3.8, 4) is 0 Å². The van der Waals surface area contributed by atoms with Crippen LogP contribution < -0.4 is 5.32 Å². The third-order valence-corrected chi connectivity index (χ3v) is 5.10. The van der Waals surface area contributed by atoms with Crippen LogP contribution in [0.2, 0.25) is 0 Å². The molecule has 0 aliphatic rings. The summed E-state index contributed by atoms with van der Waals surface area (Å²) in [4.78, 5) is 30.4. The van der Waals surface area contributed by atoms with Crippen LogP contribution in [0.1, 0.15) is 15.2 Å². The average Bonchev–Trinajstić information content (AvgIpc) is 3.24. The Labute approximate surface area is 162 Å². The number of nitrogens with one attached hydrogen (secondary N) is 1. The van der Waals surface area contributed by atoms with Gasteiger partial charge in [0.15, 0.2) is 5.82 Å². The molecular formula is C17H16BrN5O2S. The van der Waals surface area contributed by atoms with Crippen LogP contribution in [0.5, 0.6) is 0 Å². The van der Waals surface area contributed by atoms with Crippen LogP contribution in [0.15, 0.2) is 52.7 Å². The molecule has 0 saturated carbocycles. The highest BCUT2D eigenvalue weighted by atomic mass is 79.9. The fraction of sp³-hybridized carbons (Fsp3) is 0.176. The van der Waals surface area contributed by atoms with E-state index in [2.05, 4.69) is 31.3 Å². The van der Waals surface area contributed by atoms with Crippen LogP contribution in [-0.4, -0.2) is 45.1 Å². The Balaban J connectivity index is 1.54. The molecule has 3 aromatic heterocycles. The minimum absolute atomic E-state index is 0.0518. The Morgan fingerprint density at radius 2 is 2.15 bits per heavy atom. The number of hydrogen-bond donors (Lipinski definition) is 1. The molecule has 134 valence electrons. The van der Waals surface area contributed by atoms with Crippen molar-refractivity contribution >= 4 is 44.9 Å². The van der Waals surface area contributed by atoms with Gasteiger partial charge in [0.1, 0.15) is 0 Å². The molecule has 0 atom stereocenters. The van der Waals surface area contributed by atoms with Crippen LogP contribution in [0.25, 0.3) is 0 Å². The van der Waals surface area contributed by atoms with Gasteiger partial charge in [0.25, 0.3) is 5.91 Å². The predicted octanol–water partition coefficient (Wildman–Crippen LogP) is 2.86. The highest BCUT2D eigenvalue weighted by Gasteiger charge is 2.17. The summed E-state index contributed by atoms with van der Waals surface area (Å²) in [7, 11) is 1.59. The van der Waals surface area contributed by atoms with Crippen LogP contribution >= 0.6 is 27.3 Å². The third kappa shape index (κ3) is 4.77. The molecule has 3 rings (SSSR count). The minimum Gasteiger partial charge on any atom is -0.332 e. The van der Waals surface area contributed by atoms with Gasteiger partial charge in [-0.2, -0.15) is 5.10 Å². The molecule has 1 N–H and O–H groups in total. The molecule has 2 amide bonds. The number of carbonyl (C=O) groups excluding carboxylic acids is 2. The van der Waals surface area contributed by atoms with E-state index in [1.54, 1.807) is 48.5 Å². The fourth-order valence-electron chi connectivity index (χ4n) is 2.28. The number of thiophene rings is 1.